The summed E-state index contributed by atoms with van der Waals surface area (Å²) in [6.45, 7) is 6.69. The van der Waals surface area contributed by atoms with E-state index in [1.807, 2.05) is 0 Å². The average molecular weight is 355 g/mol. The predicted octanol–water partition coefficient (Wildman–Crippen LogP) is 4.68. The van der Waals surface area contributed by atoms with Crippen molar-refractivity contribution in [3.05, 3.63) is 54.1 Å². The second kappa shape index (κ2) is 9.61. The number of esters is 1. The van der Waals surface area contributed by atoms with E-state index in [4.69, 9.17) is 9.47 Å². The third-order valence-corrected chi connectivity index (χ3v) is 3.74. The smallest absolute Gasteiger partial charge is 0.343 e. The lowest BCUT2D eigenvalue weighted by Gasteiger charge is -2.11. The van der Waals surface area contributed by atoms with E-state index in [-0.39, 0.29) is 5.91 Å². The second-order valence-electron chi connectivity index (χ2n) is 6.34. The lowest BCUT2D eigenvalue weighted by Crippen LogP contribution is -2.13. The number of ether oxygens (including phenoxy) is 2. The first kappa shape index (κ1) is 19.5. The van der Waals surface area contributed by atoms with Gasteiger partial charge in [0.1, 0.15) is 5.75 Å². The van der Waals surface area contributed by atoms with E-state index in [1.165, 1.54) is 0 Å². The lowest BCUT2D eigenvalue weighted by atomic mass is 10.1. The first-order valence-electron chi connectivity index (χ1n) is 8.83. The van der Waals surface area contributed by atoms with Crippen LogP contribution in [0.5, 0.6) is 11.5 Å². The molecule has 5 nitrogen and oxygen atoms in total. The number of benzene rings is 2. The fourth-order valence-electron chi connectivity index (χ4n) is 2.16. The van der Waals surface area contributed by atoms with Gasteiger partial charge < -0.3 is 14.8 Å². The zero-order valence-corrected chi connectivity index (χ0v) is 15.5. The maximum atomic E-state index is 12.4. The molecule has 0 saturated heterocycles. The van der Waals surface area contributed by atoms with Crippen LogP contribution in [0.1, 0.15) is 44.0 Å². The maximum Gasteiger partial charge on any atom is 0.343 e. The SMILES string of the molecule is CCC(=O)Nc1ccccc1OC(=O)c1ccc(OCCC(C)C)cc1. The summed E-state index contributed by atoms with van der Waals surface area (Å²) in [5.41, 5.74) is 0.888. The summed E-state index contributed by atoms with van der Waals surface area (Å²) in [6.07, 6.45) is 1.32. The highest BCUT2D eigenvalue weighted by Crippen LogP contribution is 2.25. The van der Waals surface area contributed by atoms with Gasteiger partial charge in [0.25, 0.3) is 0 Å². The zero-order valence-electron chi connectivity index (χ0n) is 15.5. The molecule has 0 heterocycles. The van der Waals surface area contributed by atoms with E-state index in [0.29, 0.717) is 35.9 Å². The maximum absolute atomic E-state index is 12.4. The fraction of sp³-hybridized carbons (Fsp3) is 0.333. The number of anilines is 1. The average Bonchev–Trinajstić information content (AvgIpc) is 2.63. The van der Waals surface area contributed by atoms with Gasteiger partial charge >= 0.3 is 5.97 Å². The molecule has 26 heavy (non-hydrogen) atoms. The molecule has 0 atom stereocenters. The summed E-state index contributed by atoms with van der Waals surface area (Å²) in [7, 11) is 0. The normalized spacial score (nSPS) is 10.5. The molecule has 2 rings (SSSR count). The van der Waals surface area contributed by atoms with E-state index in [0.717, 1.165) is 12.2 Å². The molecule has 0 unspecified atom stereocenters. The van der Waals surface area contributed by atoms with Crippen molar-refractivity contribution in [1.82, 2.24) is 0 Å². The van der Waals surface area contributed by atoms with Gasteiger partial charge in [-0.1, -0.05) is 32.9 Å². The van der Waals surface area contributed by atoms with Crippen LogP contribution >= 0.6 is 0 Å². The Balaban J connectivity index is 2.00. The van der Waals surface area contributed by atoms with Crippen molar-refractivity contribution >= 4 is 17.6 Å². The highest BCUT2D eigenvalue weighted by atomic mass is 16.5. The van der Waals surface area contributed by atoms with Crippen LogP contribution in [0.3, 0.4) is 0 Å². The van der Waals surface area contributed by atoms with Crippen LogP contribution in [0, 0.1) is 5.92 Å². The number of carbonyl (C=O) groups excluding carboxylic acids is 2. The highest BCUT2D eigenvalue weighted by molar-refractivity contribution is 5.95. The van der Waals surface area contributed by atoms with E-state index >= 15 is 0 Å². The van der Waals surface area contributed by atoms with Gasteiger partial charge in [0.2, 0.25) is 5.91 Å². The fourth-order valence-corrected chi connectivity index (χ4v) is 2.16. The largest absolute Gasteiger partial charge is 0.494 e. The van der Waals surface area contributed by atoms with Crippen LogP contribution in [-0.4, -0.2) is 18.5 Å². The Bertz CT molecular complexity index is 738. The van der Waals surface area contributed by atoms with E-state index < -0.39 is 5.97 Å². The van der Waals surface area contributed by atoms with Crippen LogP contribution in [0.2, 0.25) is 0 Å². The molecular weight excluding hydrogens is 330 g/mol. The highest BCUT2D eigenvalue weighted by Gasteiger charge is 2.13. The molecule has 0 radical (unpaired) electrons. The van der Waals surface area contributed by atoms with Gasteiger partial charge in [0, 0.05) is 6.42 Å². The number of rotatable bonds is 8. The molecule has 0 bridgehead atoms. The first-order chi connectivity index (χ1) is 12.5. The van der Waals surface area contributed by atoms with Crippen molar-refractivity contribution in [2.75, 3.05) is 11.9 Å². The summed E-state index contributed by atoms with van der Waals surface area (Å²) in [5.74, 6) is 0.986. The molecule has 0 spiro atoms. The van der Waals surface area contributed by atoms with E-state index in [2.05, 4.69) is 19.2 Å². The van der Waals surface area contributed by atoms with Gasteiger partial charge in [-0.05, 0) is 48.7 Å². The van der Waals surface area contributed by atoms with Crippen molar-refractivity contribution in [2.45, 2.75) is 33.6 Å². The molecular formula is C21H25NO4. The molecule has 1 amide bonds. The van der Waals surface area contributed by atoms with Crippen molar-refractivity contribution < 1.29 is 19.1 Å². The standard InChI is InChI=1S/C21H25NO4/c1-4-20(23)22-18-7-5-6-8-19(18)26-21(24)16-9-11-17(12-10-16)25-14-13-15(2)3/h5-12,15H,4,13-14H2,1-3H3,(H,22,23). The van der Waals surface area contributed by atoms with Crippen molar-refractivity contribution in [3.63, 3.8) is 0 Å². The Morgan fingerprint density at radius 1 is 1.04 bits per heavy atom. The molecule has 138 valence electrons. The minimum Gasteiger partial charge on any atom is -0.494 e. The third kappa shape index (κ3) is 5.92. The van der Waals surface area contributed by atoms with Crippen LogP contribution in [0.4, 0.5) is 5.69 Å². The number of nitrogens with one attached hydrogen (secondary N) is 1. The Morgan fingerprint density at radius 2 is 1.73 bits per heavy atom. The third-order valence-electron chi connectivity index (χ3n) is 3.74. The molecule has 0 aromatic heterocycles. The number of hydrogen-bond acceptors (Lipinski definition) is 4. The monoisotopic (exact) mass is 355 g/mol. The molecule has 0 saturated carbocycles. The number of amides is 1. The molecule has 0 aliphatic carbocycles. The molecule has 1 N–H and O–H groups in total. The molecule has 2 aromatic carbocycles. The summed E-state index contributed by atoms with van der Waals surface area (Å²) in [5, 5.41) is 2.72. The minimum absolute atomic E-state index is 0.142. The number of carbonyl (C=O) groups is 2. The topological polar surface area (TPSA) is 64.6 Å². The molecule has 0 aliphatic heterocycles. The Morgan fingerprint density at radius 3 is 2.38 bits per heavy atom. The molecule has 2 aromatic rings. The van der Waals surface area contributed by atoms with Crippen LogP contribution in [0.25, 0.3) is 0 Å². The van der Waals surface area contributed by atoms with E-state index in [1.54, 1.807) is 55.5 Å². The van der Waals surface area contributed by atoms with Crippen LogP contribution in [0.15, 0.2) is 48.5 Å². The van der Waals surface area contributed by atoms with Crippen molar-refractivity contribution in [3.8, 4) is 11.5 Å². The Kier molecular flexibility index (Phi) is 7.21. The summed E-state index contributed by atoms with van der Waals surface area (Å²) in [4.78, 5) is 24.0. The van der Waals surface area contributed by atoms with Gasteiger partial charge in [0.15, 0.2) is 5.75 Å². The minimum atomic E-state index is -0.489. The summed E-state index contributed by atoms with van der Waals surface area (Å²) in [6, 6.07) is 13.7. The molecule has 0 fully saturated rings. The van der Waals surface area contributed by atoms with Gasteiger partial charge in [0.05, 0.1) is 17.9 Å². The van der Waals surface area contributed by atoms with Gasteiger partial charge in [-0.15, -0.1) is 0 Å². The summed E-state index contributed by atoms with van der Waals surface area (Å²) >= 11 is 0. The van der Waals surface area contributed by atoms with Gasteiger partial charge in [-0.3, -0.25) is 4.79 Å². The van der Waals surface area contributed by atoms with Crippen molar-refractivity contribution in [1.29, 1.82) is 0 Å². The first-order valence-corrected chi connectivity index (χ1v) is 8.83. The Labute approximate surface area is 154 Å². The molecule has 0 aliphatic rings. The van der Waals surface area contributed by atoms with E-state index in [9.17, 15) is 9.59 Å². The molecule has 5 heteroatoms. The van der Waals surface area contributed by atoms with Gasteiger partial charge in [-0.25, -0.2) is 4.79 Å². The zero-order chi connectivity index (χ0) is 18.9. The van der Waals surface area contributed by atoms with Crippen molar-refractivity contribution in [2.24, 2.45) is 5.92 Å². The predicted molar refractivity (Wildman–Crippen MR) is 102 cm³/mol. The Hall–Kier alpha value is -2.82. The quantitative estimate of drug-likeness (QED) is 0.552. The van der Waals surface area contributed by atoms with Crippen LogP contribution in [-0.2, 0) is 4.79 Å². The number of hydrogen-bond donors (Lipinski definition) is 1. The second-order valence-corrected chi connectivity index (χ2v) is 6.34. The van der Waals surface area contributed by atoms with Crippen LogP contribution < -0.4 is 14.8 Å². The van der Waals surface area contributed by atoms with Gasteiger partial charge in [-0.2, -0.15) is 0 Å². The number of para-hydroxylation sites is 2. The lowest BCUT2D eigenvalue weighted by molar-refractivity contribution is -0.115. The summed E-state index contributed by atoms with van der Waals surface area (Å²) < 4.78 is 11.1.